The van der Waals surface area contributed by atoms with Crippen LogP contribution in [0.15, 0.2) is 146 Å². The van der Waals surface area contributed by atoms with E-state index >= 15 is 0 Å². The Labute approximate surface area is 549 Å². The molecule has 94 heavy (non-hydrogen) atoms. The van der Waals surface area contributed by atoms with Crippen LogP contribution in [0.1, 0.15) is 167 Å². The topological polar surface area (TPSA) is 13.0 Å². The number of benzene rings is 12. The summed E-state index contributed by atoms with van der Waals surface area (Å²) in [5.41, 5.74) is 68.7. The lowest BCUT2D eigenvalue weighted by atomic mass is 9.75. The van der Waals surface area contributed by atoms with Gasteiger partial charge in [-0.05, 0) is 281 Å². The van der Waals surface area contributed by atoms with E-state index < -0.39 is 0 Å². The molecule has 0 fully saturated rings. The van der Waals surface area contributed by atoms with Gasteiger partial charge in [0.15, 0.2) is 0 Å². The summed E-state index contributed by atoms with van der Waals surface area (Å²) < 4.78 is 0. The van der Waals surface area contributed by atoms with Crippen molar-refractivity contribution in [3.63, 3.8) is 0 Å². The molecule has 0 aromatic heterocycles. The third-order valence-corrected chi connectivity index (χ3v) is 24.3. The second-order valence-corrected chi connectivity index (χ2v) is 30.9. The van der Waals surface area contributed by atoms with Crippen LogP contribution in [0, 0.1) is 41.5 Å². The van der Waals surface area contributed by atoms with Crippen LogP contribution in [0.25, 0.3) is 33.4 Å². The Morgan fingerprint density at radius 2 is 0.223 bits per heavy atom. The SMILES string of the molecule is Cc1cc2c3c(c1)Cc1cc(-c4cc5c6c(c4)Cc4cc(-c7cc8c9c(c7)Cc7cc(C)cc%10c7N9c7c(cc(C)cc7C8)C%10)cc7c4N6c4c(cc(-c6cc8c9c(c6)Cc6cc(C)cc%10c6N9c6c(cc(C)cc6C8)C%10)cc4C7)C5)cc4c1N3c1c(cc(C)cc1C4)C2. The van der Waals surface area contributed by atoms with Crippen LogP contribution >= 0.6 is 0 Å². The number of anilines is 12. The van der Waals surface area contributed by atoms with E-state index in [2.05, 4.69) is 207 Å². The molecular formula is C90H66N4. The van der Waals surface area contributed by atoms with E-state index in [9.17, 15) is 0 Å². The van der Waals surface area contributed by atoms with Crippen molar-refractivity contribution in [3.8, 4) is 33.4 Å². The summed E-state index contributed by atoms with van der Waals surface area (Å²) in [4.78, 5) is 10.9. The number of hydrogen-bond donors (Lipinski definition) is 0. The van der Waals surface area contributed by atoms with Crippen LogP contribution in [0.3, 0.4) is 0 Å². The highest BCUT2D eigenvalue weighted by molar-refractivity contribution is 6.02. The number of aryl methyl sites for hydroxylation is 6. The first-order valence-corrected chi connectivity index (χ1v) is 34.8. The molecule has 4 nitrogen and oxygen atoms in total. The maximum atomic E-state index is 2.79. The fraction of sp³-hybridized carbons (Fsp3) is 0.200. The van der Waals surface area contributed by atoms with Gasteiger partial charge < -0.3 is 19.6 Å². The first kappa shape index (κ1) is 50.4. The molecule has 12 heterocycles. The largest absolute Gasteiger partial charge is 0.309 e. The van der Waals surface area contributed by atoms with Crippen molar-refractivity contribution in [1.29, 1.82) is 0 Å². The lowest BCUT2D eigenvalue weighted by molar-refractivity contribution is 0.947. The minimum atomic E-state index is 0.904. The van der Waals surface area contributed by atoms with Gasteiger partial charge in [0.05, 0.1) is 68.2 Å². The molecule has 446 valence electrons. The molecule has 0 saturated heterocycles. The number of nitrogens with zero attached hydrogens (tertiary/aromatic N) is 4. The fourth-order valence-corrected chi connectivity index (χ4v) is 21.7. The van der Waals surface area contributed by atoms with Crippen molar-refractivity contribution < 1.29 is 0 Å². The van der Waals surface area contributed by atoms with Gasteiger partial charge in [-0.25, -0.2) is 0 Å². The third kappa shape index (κ3) is 6.37. The lowest BCUT2D eigenvalue weighted by Crippen LogP contribution is -2.30. The van der Waals surface area contributed by atoms with Gasteiger partial charge in [0.25, 0.3) is 0 Å². The van der Waals surface area contributed by atoms with Crippen LogP contribution in [-0.2, 0) is 77.0 Å². The molecule has 0 spiro atoms. The van der Waals surface area contributed by atoms with Gasteiger partial charge >= 0.3 is 0 Å². The quantitative estimate of drug-likeness (QED) is 0.175. The Balaban J connectivity index is 0.698. The molecule has 12 aromatic rings. The molecule has 0 atom stereocenters. The Kier molecular flexibility index (Phi) is 9.00. The van der Waals surface area contributed by atoms with Gasteiger partial charge in [-0.2, -0.15) is 0 Å². The van der Waals surface area contributed by atoms with E-state index in [-0.39, 0.29) is 0 Å². The zero-order valence-electron chi connectivity index (χ0n) is 54.1. The average molecular weight is 1200 g/mol. The molecule has 0 unspecified atom stereocenters. The zero-order chi connectivity index (χ0) is 61.5. The molecule has 12 aliphatic rings. The first-order chi connectivity index (χ1) is 45.9. The van der Waals surface area contributed by atoms with Gasteiger partial charge in [-0.1, -0.05) is 106 Å². The van der Waals surface area contributed by atoms with Crippen molar-refractivity contribution in [2.24, 2.45) is 0 Å². The van der Waals surface area contributed by atoms with Crippen molar-refractivity contribution in [2.75, 3.05) is 19.6 Å². The van der Waals surface area contributed by atoms with Crippen LogP contribution in [0.4, 0.5) is 68.2 Å². The summed E-state index contributed by atoms with van der Waals surface area (Å²) in [5, 5.41) is 0. The molecule has 4 heteroatoms. The zero-order valence-corrected chi connectivity index (χ0v) is 54.1. The summed E-state index contributed by atoms with van der Waals surface area (Å²) >= 11 is 0. The highest BCUT2D eigenvalue weighted by atomic mass is 15.2. The molecule has 0 aliphatic carbocycles. The standard InChI is InChI=1S/C90H66N4/c1-43-7-55-31-56-8-44(2)14-62-35-68-20-49(19-67-34-61(13-43)79(55)91(80(56)62)85(67)68)52-25-73-40-75-27-53(50-21-69-36-63-15-45(3)9-57-32-58-10-46(4)16-64-37-70(22-50)86(69)92(81(57)63)82(58)64)29-77-42-78-30-54(28-76-41-74(26-52)88(73)94(89(75)77)90(76)78)51-23-71-38-65-17-47(5)11-59-33-60-12-48(6)18-66-39-72(24-51)87(71)93(83(59)65)84(60)66/h7-30H,31-42H2,1-6H3. The lowest BCUT2D eigenvalue weighted by Gasteiger charge is -2.45. The van der Waals surface area contributed by atoms with E-state index in [4.69, 9.17) is 0 Å². The Hall–Kier alpha value is -10.2. The molecule has 24 rings (SSSR count). The summed E-state index contributed by atoms with van der Waals surface area (Å²) in [7, 11) is 0. The fourth-order valence-electron chi connectivity index (χ4n) is 21.7. The van der Waals surface area contributed by atoms with E-state index in [1.54, 1.807) is 0 Å². The molecule has 12 aliphatic heterocycles. The maximum absolute atomic E-state index is 2.79. The van der Waals surface area contributed by atoms with Crippen molar-refractivity contribution >= 4 is 68.2 Å². The Bertz CT molecular complexity index is 4960. The highest BCUT2D eigenvalue weighted by Crippen LogP contribution is 2.63. The van der Waals surface area contributed by atoms with Crippen molar-refractivity contribution in [2.45, 2.75) is 119 Å². The predicted molar refractivity (Wildman–Crippen MR) is 384 cm³/mol. The predicted octanol–water partition coefficient (Wildman–Crippen LogP) is 21.3. The van der Waals surface area contributed by atoms with Gasteiger partial charge in [0, 0.05) is 77.0 Å². The Morgan fingerprint density at radius 1 is 0.138 bits per heavy atom. The van der Waals surface area contributed by atoms with E-state index in [0.29, 0.717) is 0 Å². The monoisotopic (exact) mass is 1200 g/mol. The second kappa shape index (κ2) is 16.8. The molecule has 0 N–H and O–H groups in total. The molecule has 0 amide bonds. The molecular weight excluding hydrogens is 1140 g/mol. The Morgan fingerprint density at radius 3 is 0.319 bits per heavy atom. The van der Waals surface area contributed by atoms with Crippen LogP contribution in [-0.4, -0.2) is 0 Å². The molecule has 12 aromatic carbocycles. The summed E-state index contributed by atoms with van der Waals surface area (Å²) in [6, 6.07) is 61.1. The second-order valence-electron chi connectivity index (χ2n) is 30.9. The van der Waals surface area contributed by atoms with E-state index in [1.165, 1.54) is 269 Å². The number of hydrogen-bond acceptors (Lipinski definition) is 4. The van der Waals surface area contributed by atoms with Gasteiger partial charge in [0.1, 0.15) is 0 Å². The number of rotatable bonds is 3. The van der Waals surface area contributed by atoms with Crippen molar-refractivity contribution in [1.82, 2.24) is 0 Å². The minimum Gasteiger partial charge on any atom is -0.309 e. The minimum absolute atomic E-state index is 0.904. The third-order valence-electron chi connectivity index (χ3n) is 24.3. The first-order valence-electron chi connectivity index (χ1n) is 34.8. The van der Waals surface area contributed by atoms with Gasteiger partial charge in [-0.3, -0.25) is 0 Å². The molecule has 0 radical (unpaired) electrons. The summed E-state index contributed by atoms with van der Waals surface area (Å²) in [6.07, 6.45) is 11.5. The molecule has 0 bridgehead atoms. The van der Waals surface area contributed by atoms with Gasteiger partial charge in [0.2, 0.25) is 0 Å². The van der Waals surface area contributed by atoms with Gasteiger partial charge in [-0.15, -0.1) is 0 Å². The molecule has 0 saturated carbocycles. The van der Waals surface area contributed by atoms with E-state index in [0.717, 1.165) is 77.0 Å². The maximum Gasteiger partial charge on any atom is 0.0533 e. The van der Waals surface area contributed by atoms with Crippen LogP contribution in [0.5, 0.6) is 0 Å². The van der Waals surface area contributed by atoms with Crippen LogP contribution in [0.2, 0.25) is 0 Å². The normalized spacial score (nSPS) is 16.0. The average Bonchev–Trinajstić information content (AvgIpc) is 0.724. The summed E-state index contributed by atoms with van der Waals surface area (Å²) in [6.45, 7) is 13.8. The van der Waals surface area contributed by atoms with E-state index in [1.807, 2.05) is 0 Å². The van der Waals surface area contributed by atoms with Crippen LogP contribution < -0.4 is 19.6 Å². The summed E-state index contributed by atoms with van der Waals surface area (Å²) in [5.74, 6) is 0. The van der Waals surface area contributed by atoms with Crippen molar-refractivity contribution in [3.05, 3.63) is 312 Å². The smallest absolute Gasteiger partial charge is 0.0533 e. The highest BCUT2D eigenvalue weighted by Gasteiger charge is 2.44.